The summed E-state index contributed by atoms with van der Waals surface area (Å²) in [5.41, 5.74) is -0.759. The van der Waals surface area contributed by atoms with Gasteiger partial charge in [0.05, 0.1) is 18.7 Å². The van der Waals surface area contributed by atoms with Crippen LogP contribution in [-0.2, 0) is 10.9 Å². The number of allylic oxidation sites excluding steroid dienone is 2. The molecule has 0 bridgehead atoms. The predicted octanol–water partition coefficient (Wildman–Crippen LogP) is 3.90. The van der Waals surface area contributed by atoms with Crippen LogP contribution in [0.3, 0.4) is 0 Å². The number of ether oxygens (including phenoxy) is 1. The van der Waals surface area contributed by atoms with E-state index in [4.69, 9.17) is 0 Å². The van der Waals surface area contributed by atoms with Gasteiger partial charge in [-0.3, -0.25) is 4.90 Å². The van der Waals surface area contributed by atoms with E-state index < -0.39 is 23.9 Å². The minimum Gasteiger partial charge on any atom is -0.452 e. The normalized spacial score (nSPS) is 18.2. The van der Waals surface area contributed by atoms with Gasteiger partial charge in [-0.1, -0.05) is 30.4 Å². The van der Waals surface area contributed by atoms with Gasteiger partial charge in [-0.25, -0.2) is 4.79 Å². The number of carbonyl (C=O) groups is 1. The van der Waals surface area contributed by atoms with Gasteiger partial charge in [-0.15, -0.1) is 0 Å². The van der Waals surface area contributed by atoms with E-state index in [1.165, 1.54) is 37.6 Å². The minimum absolute atomic E-state index is 0.00556. The Kier molecular flexibility index (Phi) is 3.83. The first-order valence-electron chi connectivity index (χ1n) is 5.82. The summed E-state index contributed by atoms with van der Waals surface area (Å²) in [7, 11) is 1.18. The van der Waals surface area contributed by atoms with Crippen LogP contribution in [0.5, 0.6) is 0 Å². The number of amides is 1. The summed E-state index contributed by atoms with van der Waals surface area (Å²) in [6.45, 7) is 0. The first-order chi connectivity index (χ1) is 9.45. The molecule has 1 amide bonds. The number of alkyl halides is 3. The second-order valence-corrected chi connectivity index (χ2v) is 4.13. The molecule has 20 heavy (non-hydrogen) atoms. The largest absolute Gasteiger partial charge is 0.452 e. The third kappa shape index (κ3) is 2.68. The lowest BCUT2D eigenvalue weighted by atomic mass is 9.97. The fourth-order valence-corrected chi connectivity index (χ4v) is 2.04. The van der Waals surface area contributed by atoms with Gasteiger partial charge in [0.25, 0.3) is 0 Å². The Hall–Kier alpha value is -2.24. The molecule has 0 spiro atoms. The van der Waals surface area contributed by atoms with Crippen molar-refractivity contribution < 1.29 is 22.7 Å². The van der Waals surface area contributed by atoms with E-state index in [0.717, 1.165) is 11.0 Å². The smallest absolute Gasteiger partial charge is 0.416 e. The van der Waals surface area contributed by atoms with Crippen LogP contribution in [0.2, 0.25) is 0 Å². The number of hydrogen-bond donors (Lipinski definition) is 0. The topological polar surface area (TPSA) is 29.5 Å². The van der Waals surface area contributed by atoms with Gasteiger partial charge in [0.1, 0.15) is 0 Å². The zero-order chi connectivity index (χ0) is 14.8. The molecule has 3 nitrogen and oxygen atoms in total. The Morgan fingerprint density at radius 2 is 1.95 bits per heavy atom. The Morgan fingerprint density at radius 3 is 2.60 bits per heavy atom. The van der Waals surface area contributed by atoms with Crippen LogP contribution in [0.4, 0.5) is 18.0 Å². The maximum absolute atomic E-state index is 13.0. The van der Waals surface area contributed by atoms with Gasteiger partial charge in [0.2, 0.25) is 0 Å². The Morgan fingerprint density at radius 1 is 1.25 bits per heavy atom. The number of benzene rings is 1. The molecule has 1 atom stereocenters. The summed E-state index contributed by atoms with van der Waals surface area (Å²) in [5.74, 6) is 0. The molecule has 106 valence electrons. The molecule has 0 aliphatic carbocycles. The van der Waals surface area contributed by atoms with Gasteiger partial charge >= 0.3 is 12.3 Å². The molecule has 0 N–H and O–H groups in total. The standard InChI is InChI=1S/C14H12F3NO2/c1-20-13(19)18-9-5-4-8-12(18)10-6-2-3-7-11(10)14(15,16)17/h2-9,12H,1H3. The van der Waals surface area contributed by atoms with Crippen LogP contribution < -0.4 is 0 Å². The lowest BCUT2D eigenvalue weighted by Gasteiger charge is -2.29. The molecule has 0 radical (unpaired) electrons. The first kappa shape index (κ1) is 14.2. The average Bonchev–Trinajstić information content (AvgIpc) is 2.45. The fraction of sp³-hybridized carbons (Fsp3) is 0.214. The van der Waals surface area contributed by atoms with Crippen molar-refractivity contribution in [2.75, 3.05) is 7.11 Å². The number of nitrogens with zero attached hydrogens (tertiary/aromatic N) is 1. The van der Waals surface area contributed by atoms with E-state index in [9.17, 15) is 18.0 Å². The summed E-state index contributed by atoms with van der Waals surface area (Å²) in [6.07, 6.45) is 0.868. The molecule has 6 heteroatoms. The zero-order valence-corrected chi connectivity index (χ0v) is 10.6. The molecule has 1 aromatic rings. The van der Waals surface area contributed by atoms with Gasteiger partial charge < -0.3 is 4.74 Å². The molecule has 2 rings (SSSR count). The molecule has 0 aromatic heterocycles. The van der Waals surface area contributed by atoms with Gasteiger partial charge in [-0.2, -0.15) is 13.2 Å². The van der Waals surface area contributed by atoms with Crippen LogP contribution in [0.25, 0.3) is 0 Å². The number of rotatable bonds is 1. The van der Waals surface area contributed by atoms with Crippen molar-refractivity contribution in [2.45, 2.75) is 12.2 Å². The summed E-state index contributed by atoms with van der Waals surface area (Å²) in [5, 5.41) is 0. The van der Waals surface area contributed by atoms with E-state index >= 15 is 0 Å². The molecule has 1 heterocycles. The highest BCUT2D eigenvalue weighted by atomic mass is 19.4. The second-order valence-electron chi connectivity index (χ2n) is 4.13. The monoisotopic (exact) mass is 283 g/mol. The van der Waals surface area contributed by atoms with Gasteiger partial charge in [0.15, 0.2) is 0 Å². The Balaban J connectivity index is 2.47. The number of methoxy groups -OCH3 is 1. The minimum atomic E-state index is -4.48. The van der Waals surface area contributed by atoms with E-state index in [2.05, 4.69) is 4.74 Å². The van der Waals surface area contributed by atoms with Crippen molar-refractivity contribution in [3.05, 3.63) is 59.8 Å². The molecule has 1 aromatic carbocycles. The summed E-state index contributed by atoms with van der Waals surface area (Å²) >= 11 is 0. The van der Waals surface area contributed by atoms with Crippen LogP contribution >= 0.6 is 0 Å². The lowest BCUT2D eigenvalue weighted by Crippen LogP contribution is -2.31. The summed E-state index contributed by atoms with van der Waals surface area (Å²) in [4.78, 5) is 12.8. The molecule has 0 saturated carbocycles. The van der Waals surface area contributed by atoms with Crippen LogP contribution in [0.15, 0.2) is 48.7 Å². The van der Waals surface area contributed by atoms with E-state index in [0.29, 0.717) is 0 Å². The van der Waals surface area contributed by atoms with Crippen molar-refractivity contribution in [3.8, 4) is 0 Å². The molecule has 1 aliphatic rings. The van der Waals surface area contributed by atoms with E-state index in [-0.39, 0.29) is 5.56 Å². The summed E-state index contributed by atoms with van der Waals surface area (Å²) in [6, 6.07) is 4.33. The highest BCUT2D eigenvalue weighted by Crippen LogP contribution is 2.37. The predicted molar refractivity (Wildman–Crippen MR) is 66.7 cm³/mol. The van der Waals surface area contributed by atoms with Crippen molar-refractivity contribution in [1.29, 1.82) is 0 Å². The molecular weight excluding hydrogens is 271 g/mol. The summed E-state index contributed by atoms with van der Waals surface area (Å²) < 4.78 is 43.7. The van der Waals surface area contributed by atoms with Crippen LogP contribution in [0.1, 0.15) is 17.2 Å². The molecule has 1 aliphatic heterocycles. The lowest BCUT2D eigenvalue weighted by molar-refractivity contribution is -0.138. The van der Waals surface area contributed by atoms with Crippen molar-refractivity contribution in [2.24, 2.45) is 0 Å². The van der Waals surface area contributed by atoms with Crippen molar-refractivity contribution in [1.82, 2.24) is 4.90 Å². The highest BCUT2D eigenvalue weighted by molar-refractivity contribution is 5.70. The second kappa shape index (κ2) is 5.40. The Labute approximate surface area is 113 Å². The number of hydrogen-bond acceptors (Lipinski definition) is 2. The zero-order valence-electron chi connectivity index (χ0n) is 10.6. The molecule has 0 saturated heterocycles. The van der Waals surface area contributed by atoms with E-state index in [1.807, 2.05) is 0 Å². The van der Waals surface area contributed by atoms with Gasteiger partial charge in [-0.05, 0) is 17.7 Å². The van der Waals surface area contributed by atoms with Crippen LogP contribution in [0, 0.1) is 0 Å². The Bertz CT molecular complexity index is 564. The molecular formula is C14H12F3NO2. The maximum Gasteiger partial charge on any atom is 0.416 e. The molecule has 1 unspecified atom stereocenters. The van der Waals surface area contributed by atoms with Crippen molar-refractivity contribution in [3.63, 3.8) is 0 Å². The SMILES string of the molecule is COC(=O)N1C=CC=CC1c1ccccc1C(F)(F)F. The quantitative estimate of drug-likeness (QED) is 0.782. The van der Waals surface area contributed by atoms with E-state index in [1.54, 1.807) is 12.2 Å². The first-order valence-corrected chi connectivity index (χ1v) is 5.82. The van der Waals surface area contributed by atoms with Crippen LogP contribution in [-0.4, -0.2) is 18.1 Å². The fourth-order valence-electron chi connectivity index (χ4n) is 2.04. The average molecular weight is 283 g/mol. The third-order valence-corrected chi connectivity index (χ3v) is 2.92. The number of carbonyl (C=O) groups excluding carboxylic acids is 1. The molecule has 0 fully saturated rings. The number of halogens is 3. The van der Waals surface area contributed by atoms with Crippen molar-refractivity contribution >= 4 is 6.09 Å². The third-order valence-electron chi connectivity index (χ3n) is 2.92. The maximum atomic E-state index is 13.0. The van der Waals surface area contributed by atoms with Gasteiger partial charge in [0, 0.05) is 6.20 Å². The highest BCUT2D eigenvalue weighted by Gasteiger charge is 2.36.